The van der Waals surface area contributed by atoms with Crippen LogP contribution in [0.4, 0.5) is 4.79 Å². The maximum Gasteiger partial charge on any atom is 0.436 e. The minimum atomic E-state index is -1.37. The third kappa shape index (κ3) is 6.53. The second-order valence-electron chi connectivity index (χ2n) is 3.95. The second kappa shape index (κ2) is 8.11. The summed E-state index contributed by atoms with van der Waals surface area (Å²) in [6, 6.07) is 0. The van der Waals surface area contributed by atoms with Gasteiger partial charge in [-0.05, 0) is 13.2 Å². The van der Waals surface area contributed by atoms with E-state index in [1.165, 1.54) is 27.7 Å². The van der Waals surface area contributed by atoms with Gasteiger partial charge in [-0.2, -0.15) is 4.99 Å². The molecule has 0 aromatic rings. The maximum atomic E-state index is 11.4. The molecule has 0 aliphatic carbocycles. The Morgan fingerprint density at radius 3 is 2.42 bits per heavy atom. The molecular formula is C9H18B2N2O5S. The molecule has 0 heterocycles. The monoisotopic (exact) mass is 288 g/mol. The summed E-state index contributed by atoms with van der Waals surface area (Å²) in [7, 11) is 4.20. The topological polar surface area (TPSA) is 88.4 Å². The Bertz CT molecular complexity index is 359. The molecule has 19 heavy (non-hydrogen) atoms. The van der Waals surface area contributed by atoms with Crippen LogP contribution in [0.2, 0.25) is 0 Å². The van der Waals surface area contributed by atoms with Gasteiger partial charge >= 0.3 is 12.1 Å². The SMILES string of the molecule is BC(B)(O)N(CC(=O)OC)/C(=N/C(=O)OCC)SC. The van der Waals surface area contributed by atoms with E-state index in [1.54, 1.807) is 13.2 Å². The van der Waals surface area contributed by atoms with Gasteiger partial charge in [0.05, 0.1) is 19.2 Å². The number of aliphatic hydroxyl groups is 1. The number of esters is 1. The molecule has 7 nitrogen and oxygen atoms in total. The molecule has 1 N–H and O–H groups in total. The largest absolute Gasteiger partial charge is 0.468 e. The quantitative estimate of drug-likeness (QED) is 0.215. The van der Waals surface area contributed by atoms with Crippen molar-refractivity contribution in [3.63, 3.8) is 0 Å². The molecule has 0 aromatic heterocycles. The maximum absolute atomic E-state index is 11.4. The van der Waals surface area contributed by atoms with Crippen LogP contribution in [-0.2, 0) is 14.3 Å². The zero-order valence-corrected chi connectivity index (χ0v) is 12.6. The zero-order valence-electron chi connectivity index (χ0n) is 11.8. The molecule has 0 aliphatic heterocycles. The minimum Gasteiger partial charge on any atom is -0.468 e. The molecule has 0 radical (unpaired) electrons. The second-order valence-corrected chi connectivity index (χ2v) is 4.73. The van der Waals surface area contributed by atoms with Gasteiger partial charge in [-0.25, -0.2) is 4.79 Å². The van der Waals surface area contributed by atoms with Crippen LogP contribution in [0.25, 0.3) is 0 Å². The van der Waals surface area contributed by atoms with Crippen LogP contribution < -0.4 is 0 Å². The van der Waals surface area contributed by atoms with E-state index in [0.29, 0.717) is 0 Å². The molecule has 10 heteroatoms. The van der Waals surface area contributed by atoms with E-state index >= 15 is 0 Å². The molecule has 0 aliphatic rings. The van der Waals surface area contributed by atoms with Crippen molar-refractivity contribution in [2.45, 2.75) is 12.4 Å². The van der Waals surface area contributed by atoms with Gasteiger partial charge in [0.1, 0.15) is 6.54 Å². The molecule has 0 saturated heterocycles. The van der Waals surface area contributed by atoms with Gasteiger partial charge in [0.15, 0.2) is 20.9 Å². The van der Waals surface area contributed by atoms with Crippen molar-refractivity contribution in [3.05, 3.63) is 0 Å². The van der Waals surface area contributed by atoms with Crippen LogP contribution in [0.1, 0.15) is 6.92 Å². The predicted molar refractivity (Wildman–Crippen MR) is 78.7 cm³/mol. The standard InChI is InChI=1S/C9H18B2N2O5S/c1-4-18-8(15)12-7(19-3)13(9(10,11)16)5-6(14)17-2/h16H,4-5,10-11H2,1-3H3/b12-7-. The summed E-state index contributed by atoms with van der Waals surface area (Å²) in [5.74, 6) is -0.548. The predicted octanol–water partition coefficient (Wildman–Crippen LogP) is -1.79. The highest BCUT2D eigenvalue weighted by Gasteiger charge is 2.29. The number of aliphatic imine (C=N–C) groups is 1. The number of rotatable bonds is 4. The summed E-state index contributed by atoms with van der Waals surface area (Å²) in [5.41, 5.74) is -1.37. The van der Waals surface area contributed by atoms with E-state index in [1.807, 2.05) is 0 Å². The number of methoxy groups -OCH3 is 1. The van der Waals surface area contributed by atoms with Crippen LogP contribution in [-0.4, -0.2) is 75.0 Å². The first-order chi connectivity index (χ1) is 8.76. The van der Waals surface area contributed by atoms with Gasteiger partial charge in [0.2, 0.25) is 0 Å². The van der Waals surface area contributed by atoms with Crippen molar-refractivity contribution in [2.75, 3.05) is 26.5 Å². The Labute approximate surface area is 118 Å². The van der Waals surface area contributed by atoms with Crippen molar-refractivity contribution in [2.24, 2.45) is 4.99 Å². The number of thioether (sulfide) groups is 1. The van der Waals surface area contributed by atoms with E-state index in [9.17, 15) is 14.7 Å². The van der Waals surface area contributed by atoms with E-state index < -0.39 is 17.6 Å². The lowest BCUT2D eigenvalue weighted by Crippen LogP contribution is -2.54. The smallest absolute Gasteiger partial charge is 0.436 e. The molecule has 0 spiro atoms. The fraction of sp³-hybridized carbons (Fsp3) is 0.667. The summed E-state index contributed by atoms with van der Waals surface area (Å²) in [5, 5.41) is 10.2. The van der Waals surface area contributed by atoms with Crippen LogP contribution in [0.5, 0.6) is 0 Å². The van der Waals surface area contributed by atoms with Gasteiger partial charge in [0.25, 0.3) is 0 Å². The number of carbonyl (C=O) groups is 2. The number of carbonyl (C=O) groups excluding carboxylic acids is 2. The average Bonchev–Trinajstić information content (AvgIpc) is 2.32. The Morgan fingerprint density at radius 1 is 1.47 bits per heavy atom. The molecule has 0 bridgehead atoms. The van der Waals surface area contributed by atoms with Crippen molar-refractivity contribution in [3.8, 4) is 0 Å². The number of hydrogen-bond donors (Lipinski definition) is 1. The van der Waals surface area contributed by atoms with Gasteiger partial charge < -0.3 is 19.5 Å². The van der Waals surface area contributed by atoms with Crippen molar-refractivity contribution >= 4 is 44.7 Å². The molecule has 0 aromatic carbocycles. The molecule has 106 valence electrons. The Hall–Kier alpha value is -1.15. The highest BCUT2D eigenvalue weighted by Crippen LogP contribution is 2.13. The Balaban J connectivity index is 5.19. The normalized spacial score (nSPS) is 11.9. The first kappa shape index (κ1) is 17.8. The van der Waals surface area contributed by atoms with Crippen molar-refractivity contribution in [1.82, 2.24) is 4.90 Å². The van der Waals surface area contributed by atoms with Crippen LogP contribution >= 0.6 is 11.8 Å². The van der Waals surface area contributed by atoms with Crippen LogP contribution in [0.3, 0.4) is 0 Å². The van der Waals surface area contributed by atoms with Crippen molar-refractivity contribution < 1.29 is 24.2 Å². The van der Waals surface area contributed by atoms with Gasteiger partial charge in [-0.3, -0.25) is 4.79 Å². The highest BCUT2D eigenvalue weighted by atomic mass is 32.2. The van der Waals surface area contributed by atoms with E-state index in [-0.39, 0.29) is 18.3 Å². The lowest BCUT2D eigenvalue weighted by molar-refractivity contribution is -0.142. The number of ether oxygens (including phenoxy) is 2. The lowest BCUT2D eigenvalue weighted by atomic mass is 9.72. The molecule has 1 amide bonds. The lowest BCUT2D eigenvalue weighted by Gasteiger charge is -2.35. The molecule has 0 saturated carbocycles. The number of hydrogen-bond acceptors (Lipinski definition) is 6. The summed E-state index contributed by atoms with van der Waals surface area (Å²) in [6.07, 6.45) is 0.902. The molecule has 0 atom stereocenters. The van der Waals surface area contributed by atoms with Gasteiger partial charge in [-0.1, -0.05) is 11.8 Å². The third-order valence-electron chi connectivity index (χ3n) is 2.04. The van der Waals surface area contributed by atoms with Gasteiger partial charge in [-0.15, -0.1) is 0 Å². The first-order valence-electron chi connectivity index (χ1n) is 5.62. The summed E-state index contributed by atoms with van der Waals surface area (Å²) < 4.78 is 9.25. The Morgan fingerprint density at radius 2 is 2.05 bits per heavy atom. The van der Waals surface area contributed by atoms with Gasteiger partial charge in [0, 0.05) is 0 Å². The van der Waals surface area contributed by atoms with E-state index in [2.05, 4.69) is 9.73 Å². The fourth-order valence-electron chi connectivity index (χ4n) is 1.14. The first-order valence-corrected chi connectivity index (χ1v) is 6.85. The molecule has 0 fully saturated rings. The average molecular weight is 288 g/mol. The van der Waals surface area contributed by atoms with Crippen molar-refractivity contribution in [1.29, 1.82) is 0 Å². The van der Waals surface area contributed by atoms with Crippen LogP contribution in [0.15, 0.2) is 4.99 Å². The summed E-state index contributed by atoms with van der Waals surface area (Å²) in [4.78, 5) is 27.7. The highest BCUT2D eigenvalue weighted by molar-refractivity contribution is 8.13. The summed E-state index contributed by atoms with van der Waals surface area (Å²) in [6.45, 7) is 1.64. The number of amidine groups is 1. The molecular weight excluding hydrogens is 270 g/mol. The fourth-order valence-corrected chi connectivity index (χ4v) is 1.81. The summed E-state index contributed by atoms with van der Waals surface area (Å²) >= 11 is 1.12. The van der Waals surface area contributed by atoms with E-state index in [0.717, 1.165) is 11.8 Å². The zero-order chi connectivity index (χ0) is 15.1. The number of amides is 1. The Kier molecular flexibility index (Phi) is 7.62. The third-order valence-corrected chi connectivity index (χ3v) is 2.72. The molecule has 0 rings (SSSR count). The van der Waals surface area contributed by atoms with Crippen LogP contribution in [0, 0.1) is 0 Å². The molecule has 0 unspecified atom stereocenters. The minimum absolute atomic E-state index is 0.177. The number of nitrogens with zero attached hydrogens (tertiary/aromatic N) is 2. The van der Waals surface area contributed by atoms with E-state index in [4.69, 9.17) is 4.74 Å².